The first-order valence-corrected chi connectivity index (χ1v) is 6.29. The molecular weight excluding hydrogens is 214 g/mol. The quantitative estimate of drug-likeness (QED) is 0.752. The van der Waals surface area contributed by atoms with Crippen LogP contribution in [0.25, 0.3) is 10.4 Å². The smallest absolute Gasteiger partial charge is 0.0991 e. The van der Waals surface area contributed by atoms with Crippen LogP contribution in [0.5, 0.6) is 0 Å². The first-order valence-electron chi connectivity index (χ1n) is 5.47. The Morgan fingerprint density at radius 3 is 2.44 bits per heavy atom. The monoisotopic (exact) mass is 225 g/mol. The Kier molecular flexibility index (Phi) is 2.27. The molecule has 2 heteroatoms. The third kappa shape index (κ3) is 1.75. The van der Waals surface area contributed by atoms with E-state index in [1.165, 1.54) is 28.2 Å². The van der Waals surface area contributed by atoms with Gasteiger partial charge in [0.05, 0.1) is 11.6 Å². The van der Waals surface area contributed by atoms with Gasteiger partial charge in [0.25, 0.3) is 0 Å². The van der Waals surface area contributed by atoms with Crippen molar-refractivity contribution >= 4 is 11.3 Å². The van der Waals surface area contributed by atoms with Crippen molar-refractivity contribution in [3.63, 3.8) is 0 Å². The summed E-state index contributed by atoms with van der Waals surface area (Å²) in [6.07, 6.45) is 2.71. The van der Waals surface area contributed by atoms with Crippen LogP contribution in [0.1, 0.15) is 29.2 Å². The maximum atomic E-state index is 8.74. The van der Waals surface area contributed by atoms with Crippen molar-refractivity contribution in [1.29, 1.82) is 5.26 Å². The van der Waals surface area contributed by atoms with Gasteiger partial charge in [-0.3, -0.25) is 0 Å². The van der Waals surface area contributed by atoms with E-state index < -0.39 is 0 Å². The molecule has 1 nitrogen and oxygen atoms in total. The Hall–Kier alpha value is -1.59. The molecule has 0 unspecified atom stereocenters. The Labute approximate surface area is 99.0 Å². The summed E-state index contributed by atoms with van der Waals surface area (Å²) in [5.41, 5.74) is 1.94. The van der Waals surface area contributed by atoms with Crippen molar-refractivity contribution in [3.8, 4) is 16.5 Å². The van der Waals surface area contributed by atoms with Gasteiger partial charge in [-0.05, 0) is 48.6 Å². The van der Waals surface area contributed by atoms with Crippen LogP contribution in [0.15, 0.2) is 36.4 Å². The molecule has 0 N–H and O–H groups in total. The number of benzene rings is 1. The van der Waals surface area contributed by atoms with Crippen LogP contribution in [0, 0.1) is 11.3 Å². The van der Waals surface area contributed by atoms with Crippen LogP contribution >= 0.6 is 11.3 Å². The maximum absolute atomic E-state index is 8.74. The van der Waals surface area contributed by atoms with Crippen LogP contribution in [0.3, 0.4) is 0 Å². The molecule has 1 heterocycles. The Balaban J connectivity index is 1.92. The minimum absolute atomic E-state index is 0.725. The molecule has 1 aromatic heterocycles. The van der Waals surface area contributed by atoms with Gasteiger partial charge in [-0.25, -0.2) is 0 Å². The van der Waals surface area contributed by atoms with Crippen molar-refractivity contribution < 1.29 is 0 Å². The number of rotatable bonds is 2. The second kappa shape index (κ2) is 3.77. The van der Waals surface area contributed by atoms with E-state index in [4.69, 9.17) is 5.26 Å². The molecular formula is C14H11NS. The van der Waals surface area contributed by atoms with Gasteiger partial charge < -0.3 is 0 Å². The summed E-state index contributed by atoms with van der Waals surface area (Å²) in [5.74, 6) is 0.831. The standard InChI is InChI=1S/C14H11NS/c15-9-10-1-3-11(4-2-10)13-7-8-14(16-13)12-5-6-12/h1-4,7-8,12H,5-6H2. The van der Waals surface area contributed by atoms with Crippen LogP contribution in [-0.4, -0.2) is 0 Å². The van der Waals surface area contributed by atoms with Crippen LogP contribution in [-0.2, 0) is 0 Å². The number of nitrogens with zero attached hydrogens (tertiary/aromatic N) is 1. The third-order valence-corrected chi connectivity index (χ3v) is 4.20. The van der Waals surface area contributed by atoms with E-state index in [0.717, 1.165) is 11.5 Å². The highest BCUT2D eigenvalue weighted by molar-refractivity contribution is 7.15. The van der Waals surface area contributed by atoms with Gasteiger partial charge in [-0.15, -0.1) is 11.3 Å². The molecule has 3 rings (SSSR count). The van der Waals surface area contributed by atoms with Gasteiger partial charge >= 0.3 is 0 Å². The zero-order valence-corrected chi connectivity index (χ0v) is 9.63. The van der Waals surface area contributed by atoms with Gasteiger partial charge in [-0.1, -0.05) is 12.1 Å². The van der Waals surface area contributed by atoms with E-state index in [1.54, 1.807) is 0 Å². The second-order valence-electron chi connectivity index (χ2n) is 4.17. The highest BCUT2D eigenvalue weighted by atomic mass is 32.1. The number of hydrogen-bond donors (Lipinski definition) is 0. The van der Waals surface area contributed by atoms with Gasteiger partial charge in [0.2, 0.25) is 0 Å². The van der Waals surface area contributed by atoms with E-state index in [-0.39, 0.29) is 0 Å². The van der Waals surface area contributed by atoms with Crippen LogP contribution < -0.4 is 0 Å². The largest absolute Gasteiger partial charge is 0.192 e. The number of thiophene rings is 1. The fraction of sp³-hybridized carbons (Fsp3) is 0.214. The molecule has 78 valence electrons. The molecule has 16 heavy (non-hydrogen) atoms. The van der Waals surface area contributed by atoms with Gasteiger partial charge in [0.1, 0.15) is 0 Å². The summed E-state index contributed by atoms with van der Waals surface area (Å²) in [4.78, 5) is 2.82. The minimum Gasteiger partial charge on any atom is -0.192 e. The summed E-state index contributed by atoms with van der Waals surface area (Å²) in [6.45, 7) is 0. The topological polar surface area (TPSA) is 23.8 Å². The van der Waals surface area contributed by atoms with Crippen LogP contribution in [0.2, 0.25) is 0 Å². The fourth-order valence-corrected chi connectivity index (χ4v) is 2.99. The molecule has 1 saturated carbocycles. The fourth-order valence-electron chi connectivity index (χ4n) is 1.80. The SMILES string of the molecule is N#Cc1ccc(-c2ccc(C3CC3)s2)cc1. The van der Waals surface area contributed by atoms with Crippen molar-refractivity contribution in [2.45, 2.75) is 18.8 Å². The van der Waals surface area contributed by atoms with Crippen molar-refractivity contribution in [2.24, 2.45) is 0 Å². The van der Waals surface area contributed by atoms with Gasteiger partial charge in [0, 0.05) is 9.75 Å². The highest BCUT2D eigenvalue weighted by Gasteiger charge is 2.25. The lowest BCUT2D eigenvalue weighted by atomic mass is 10.1. The first-order chi connectivity index (χ1) is 7.86. The molecule has 0 bridgehead atoms. The van der Waals surface area contributed by atoms with Crippen molar-refractivity contribution in [1.82, 2.24) is 0 Å². The predicted octanol–water partition coefficient (Wildman–Crippen LogP) is 4.16. The summed E-state index contributed by atoms with van der Waals surface area (Å²) < 4.78 is 0. The molecule has 0 amide bonds. The molecule has 0 aliphatic heterocycles. The molecule has 1 aliphatic carbocycles. The van der Waals surface area contributed by atoms with Gasteiger partial charge in [0.15, 0.2) is 0 Å². The number of nitriles is 1. The zero-order valence-electron chi connectivity index (χ0n) is 8.81. The third-order valence-electron chi connectivity index (χ3n) is 2.91. The van der Waals surface area contributed by atoms with E-state index in [0.29, 0.717) is 0 Å². The predicted molar refractivity (Wildman–Crippen MR) is 66.4 cm³/mol. The molecule has 1 fully saturated rings. The second-order valence-corrected chi connectivity index (χ2v) is 5.28. The summed E-state index contributed by atoms with van der Waals surface area (Å²) in [5, 5.41) is 8.74. The van der Waals surface area contributed by atoms with E-state index in [2.05, 4.69) is 18.2 Å². The lowest BCUT2D eigenvalue weighted by Gasteiger charge is -1.96. The normalized spacial score (nSPS) is 14.7. The van der Waals surface area contributed by atoms with Crippen molar-refractivity contribution in [3.05, 3.63) is 46.8 Å². The maximum Gasteiger partial charge on any atom is 0.0991 e. The Bertz CT molecular complexity index is 541. The Morgan fingerprint density at radius 2 is 1.81 bits per heavy atom. The molecule has 0 saturated heterocycles. The van der Waals surface area contributed by atoms with Crippen LogP contribution in [0.4, 0.5) is 0 Å². The molecule has 0 atom stereocenters. The van der Waals surface area contributed by atoms with Crippen molar-refractivity contribution in [2.75, 3.05) is 0 Å². The molecule has 1 aromatic carbocycles. The minimum atomic E-state index is 0.725. The average molecular weight is 225 g/mol. The van der Waals surface area contributed by atoms with E-state index in [9.17, 15) is 0 Å². The van der Waals surface area contributed by atoms with E-state index >= 15 is 0 Å². The molecule has 0 radical (unpaired) electrons. The molecule has 2 aromatic rings. The number of hydrogen-bond acceptors (Lipinski definition) is 2. The summed E-state index contributed by atoms with van der Waals surface area (Å²) in [6, 6.07) is 14.4. The average Bonchev–Trinajstić information content (AvgIpc) is 3.08. The lowest BCUT2D eigenvalue weighted by Crippen LogP contribution is -1.74. The summed E-state index contributed by atoms with van der Waals surface area (Å²) in [7, 11) is 0. The first kappa shape index (κ1) is 9.62. The van der Waals surface area contributed by atoms with E-state index in [1.807, 2.05) is 35.6 Å². The lowest BCUT2D eigenvalue weighted by molar-refractivity contribution is 1.18. The van der Waals surface area contributed by atoms with Gasteiger partial charge in [-0.2, -0.15) is 5.26 Å². The molecule has 0 spiro atoms. The highest BCUT2D eigenvalue weighted by Crippen LogP contribution is 2.44. The summed E-state index contributed by atoms with van der Waals surface area (Å²) >= 11 is 1.89. The molecule has 1 aliphatic rings. The zero-order chi connectivity index (χ0) is 11.0. The Morgan fingerprint density at radius 1 is 1.06 bits per heavy atom.